The van der Waals surface area contributed by atoms with Gasteiger partial charge in [-0.25, -0.2) is 0 Å². The number of anilines is 1. The van der Waals surface area contributed by atoms with Crippen LogP contribution in [0.2, 0.25) is 0 Å². The first-order valence-corrected chi connectivity index (χ1v) is 8.20. The summed E-state index contributed by atoms with van der Waals surface area (Å²) in [5, 5.41) is 2.64. The Morgan fingerprint density at radius 1 is 1.25 bits per heavy atom. The zero-order valence-electron chi connectivity index (χ0n) is 14.0. The molecule has 3 rings (SSSR count). The highest BCUT2D eigenvalue weighted by molar-refractivity contribution is 5.98. The molecule has 0 aliphatic carbocycles. The number of nitrogens with zero attached hydrogens (tertiary/aromatic N) is 2. The van der Waals surface area contributed by atoms with Crippen molar-refractivity contribution in [3.05, 3.63) is 47.7 Å². The van der Waals surface area contributed by atoms with E-state index in [-0.39, 0.29) is 11.8 Å². The van der Waals surface area contributed by atoms with Crippen molar-refractivity contribution in [2.45, 2.75) is 26.2 Å². The lowest BCUT2D eigenvalue weighted by Crippen LogP contribution is -2.35. The molecule has 1 saturated heterocycles. The molecule has 0 bridgehead atoms. The van der Waals surface area contributed by atoms with Gasteiger partial charge in [-0.2, -0.15) is 0 Å². The third-order valence-corrected chi connectivity index (χ3v) is 4.37. The molecule has 1 aliphatic heterocycles. The van der Waals surface area contributed by atoms with Crippen LogP contribution in [0.15, 0.2) is 36.5 Å². The zero-order chi connectivity index (χ0) is 17.1. The number of amides is 2. The maximum absolute atomic E-state index is 12.3. The molecule has 24 heavy (non-hydrogen) atoms. The fraction of sp³-hybridized carbons (Fsp3) is 0.316. The molecule has 1 aliphatic rings. The second-order valence-electron chi connectivity index (χ2n) is 5.98. The highest BCUT2D eigenvalue weighted by Gasteiger charge is 2.23. The van der Waals surface area contributed by atoms with E-state index < -0.39 is 0 Å². The first-order valence-electron chi connectivity index (χ1n) is 8.20. The molecule has 0 saturated carbocycles. The first kappa shape index (κ1) is 16.2. The molecule has 2 amide bonds. The number of hydrogen-bond donors (Lipinski definition) is 1. The normalized spacial score (nSPS) is 14.6. The molecule has 1 aromatic carbocycles. The lowest BCUT2D eigenvalue weighted by Gasteiger charge is -2.28. The van der Waals surface area contributed by atoms with E-state index >= 15 is 0 Å². The van der Waals surface area contributed by atoms with Crippen LogP contribution >= 0.6 is 0 Å². The van der Waals surface area contributed by atoms with Crippen molar-refractivity contribution in [1.82, 2.24) is 10.3 Å². The minimum absolute atomic E-state index is 0.105. The molecule has 0 radical (unpaired) electrons. The number of pyridine rings is 1. The summed E-state index contributed by atoms with van der Waals surface area (Å²) < 4.78 is 0. The smallest absolute Gasteiger partial charge is 0.251 e. The van der Waals surface area contributed by atoms with Crippen molar-refractivity contribution >= 4 is 17.5 Å². The summed E-state index contributed by atoms with van der Waals surface area (Å²) in [5.74, 6) is 0.0423. The van der Waals surface area contributed by atoms with Gasteiger partial charge in [0.15, 0.2) is 0 Å². The molecular formula is C19H21N3O2. The Hall–Kier alpha value is -2.69. The Balaban J connectivity index is 2.03. The van der Waals surface area contributed by atoms with Gasteiger partial charge in [-0.15, -0.1) is 0 Å². The predicted octanol–water partition coefficient (Wildman–Crippen LogP) is 2.93. The Labute approximate surface area is 141 Å². The maximum Gasteiger partial charge on any atom is 0.251 e. The molecule has 5 heteroatoms. The van der Waals surface area contributed by atoms with Gasteiger partial charge in [0.1, 0.15) is 0 Å². The van der Waals surface area contributed by atoms with E-state index in [1.54, 1.807) is 19.3 Å². The minimum atomic E-state index is -0.105. The number of aromatic nitrogens is 1. The van der Waals surface area contributed by atoms with Crippen molar-refractivity contribution in [1.29, 1.82) is 0 Å². The molecule has 0 unspecified atom stereocenters. The summed E-state index contributed by atoms with van der Waals surface area (Å²) in [7, 11) is 1.62. The van der Waals surface area contributed by atoms with Gasteiger partial charge < -0.3 is 10.2 Å². The second-order valence-corrected chi connectivity index (χ2v) is 5.98. The summed E-state index contributed by atoms with van der Waals surface area (Å²) in [5.41, 5.74) is 4.06. The summed E-state index contributed by atoms with van der Waals surface area (Å²) in [6.45, 7) is 2.63. The van der Waals surface area contributed by atoms with Gasteiger partial charge >= 0.3 is 0 Å². The van der Waals surface area contributed by atoms with E-state index in [9.17, 15) is 9.59 Å². The molecular weight excluding hydrogens is 302 g/mol. The molecule has 0 atom stereocenters. The standard InChI is InChI=1S/C19H21N3O2/c1-13-12-14(8-9-15(13)19(24)20-2)18-16(6-5-10-21-18)22-11-4-3-7-17(22)23/h5-6,8-10,12H,3-4,7,11H2,1-2H3,(H,20,24). The van der Waals surface area contributed by atoms with E-state index in [0.29, 0.717) is 12.0 Å². The molecule has 0 spiro atoms. The van der Waals surface area contributed by atoms with Gasteiger partial charge in [0, 0.05) is 37.3 Å². The molecule has 1 aromatic heterocycles. The monoisotopic (exact) mass is 323 g/mol. The quantitative estimate of drug-likeness (QED) is 0.944. The van der Waals surface area contributed by atoms with Crippen LogP contribution in [0.5, 0.6) is 0 Å². The van der Waals surface area contributed by atoms with Crippen LogP contribution < -0.4 is 10.2 Å². The van der Waals surface area contributed by atoms with Gasteiger partial charge in [-0.1, -0.05) is 6.07 Å². The summed E-state index contributed by atoms with van der Waals surface area (Å²) in [6, 6.07) is 9.43. The Kier molecular flexibility index (Phi) is 4.60. The van der Waals surface area contributed by atoms with Gasteiger partial charge in [0.2, 0.25) is 5.91 Å². The minimum Gasteiger partial charge on any atom is -0.355 e. The Morgan fingerprint density at radius 3 is 2.79 bits per heavy atom. The van der Waals surface area contributed by atoms with Crippen LogP contribution in [0.4, 0.5) is 5.69 Å². The topological polar surface area (TPSA) is 62.3 Å². The lowest BCUT2D eigenvalue weighted by atomic mass is 10.0. The molecule has 2 aromatic rings. The van der Waals surface area contributed by atoms with Gasteiger partial charge in [0.05, 0.1) is 11.4 Å². The largest absolute Gasteiger partial charge is 0.355 e. The predicted molar refractivity (Wildman–Crippen MR) is 94.0 cm³/mol. The highest BCUT2D eigenvalue weighted by atomic mass is 16.2. The third-order valence-electron chi connectivity index (χ3n) is 4.37. The zero-order valence-corrected chi connectivity index (χ0v) is 14.0. The first-order chi connectivity index (χ1) is 11.6. The van der Waals surface area contributed by atoms with Crippen LogP contribution in [0.3, 0.4) is 0 Å². The summed E-state index contributed by atoms with van der Waals surface area (Å²) in [6.07, 6.45) is 4.28. The average molecular weight is 323 g/mol. The number of nitrogens with one attached hydrogen (secondary N) is 1. The number of piperidine rings is 1. The second kappa shape index (κ2) is 6.83. The van der Waals surface area contributed by atoms with Crippen LogP contribution in [-0.2, 0) is 4.79 Å². The van der Waals surface area contributed by atoms with E-state index in [1.807, 2.05) is 36.1 Å². The van der Waals surface area contributed by atoms with E-state index in [2.05, 4.69) is 10.3 Å². The number of rotatable bonds is 3. The van der Waals surface area contributed by atoms with E-state index in [4.69, 9.17) is 0 Å². The van der Waals surface area contributed by atoms with Crippen molar-refractivity contribution in [2.24, 2.45) is 0 Å². The van der Waals surface area contributed by atoms with Crippen molar-refractivity contribution in [3.63, 3.8) is 0 Å². The number of carbonyl (C=O) groups is 2. The van der Waals surface area contributed by atoms with Crippen molar-refractivity contribution < 1.29 is 9.59 Å². The van der Waals surface area contributed by atoms with Gasteiger partial charge in [0.25, 0.3) is 5.91 Å². The van der Waals surface area contributed by atoms with E-state index in [1.165, 1.54) is 0 Å². The fourth-order valence-corrected chi connectivity index (χ4v) is 3.10. The summed E-state index contributed by atoms with van der Waals surface area (Å²) in [4.78, 5) is 30.5. The summed E-state index contributed by atoms with van der Waals surface area (Å²) >= 11 is 0. The number of aryl methyl sites for hydroxylation is 1. The van der Waals surface area contributed by atoms with Crippen LogP contribution in [0, 0.1) is 6.92 Å². The van der Waals surface area contributed by atoms with Crippen molar-refractivity contribution in [2.75, 3.05) is 18.5 Å². The van der Waals surface area contributed by atoms with E-state index in [0.717, 1.165) is 41.9 Å². The van der Waals surface area contributed by atoms with Crippen LogP contribution in [-0.4, -0.2) is 30.4 Å². The van der Waals surface area contributed by atoms with Gasteiger partial charge in [-0.3, -0.25) is 14.6 Å². The van der Waals surface area contributed by atoms with Gasteiger partial charge in [-0.05, 0) is 49.6 Å². The SMILES string of the molecule is CNC(=O)c1ccc(-c2ncccc2N2CCCCC2=O)cc1C. The van der Waals surface area contributed by atoms with Crippen molar-refractivity contribution in [3.8, 4) is 11.3 Å². The van der Waals surface area contributed by atoms with Crippen LogP contribution in [0.1, 0.15) is 35.2 Å². The molecule has 1 fully saturated rings. The number of hydrogen-bond acceptors (Lipinski definition) is 3. The highest BCUT2D eigenvalue weighted by Crippen LogP contribution is 2.32. The lowest BCUT2D eigenvalue weighted by molar-refractivity contribution is -0.119. The average Bonchev–Trinajstić information content (AvgIpc) is 2.61. The Morgan fingerprint density at radius 2 is 2.08 bits per heavy atom. The maximum atomic E-state index is 12.3. The molecule has 5 nitrogen and oxygen atoms in total. The number of benzene rings is 1. The van der Waals surface area contributed by atoms with Crippen LogP contribution in [0.25, 0.3) is 11.3 Å². The fourth-order valence-electron chi connectivity index (χ4n) is 3.10. The third kappa shape index (κ3) is 3.02. The molecule has 1 N–H and O–H groups in total. The Bertz CT molecular complexity index is 786. The number of carbonyl (C=O) groups excluding carboxylic acids is 2. The molecule has 2 heterocycles. The molecule has 124 valence electrons.